The summed E-state index contributed by atoms with van der Waals surface area (Å²) in [5.74, 6) is -0.458. The van der Waals surface area contributed by atoms with Crippen molar-refractivity contribution in [2.24, 2.45) is 0 Å². The van der Waals surface area contributed by atoms with Crippen LogP contribution in [0.25, 0.3) is 10.8 Å². The van der Waals surface area contributed by atoms with Gasteiger partial charge in [-0.2, -0.15) is 4.31 Å². The summed E-state index contributed by atoms with van der Waals surface area (Å²) in [6.45, 7) is 1.51. The molecule has 2 aliphatic rings. The average molecular weight is 436 g/mol. The lowest BCUT2D eigenvalue weighted by Crippen LogP contribution is -2.54. The maximum atomic E-state index is 14.1. The third-order valence-electron chi connectivity index (χ3n) is 5.91. The predicted molar refractivity (Wildman–Crippen MR) is 111 cm³/mol. The molecule has 2 heterocycles. The fraction of sp³-hybridized carbons (Fsp3) is 0.476. The summed E-state index contributed by atoms with van der Waals surface area (Å²) in [6, 6.07) is 8.52. The van der Waals surface area contributed by atoms with E-state index in [0.29, 0.717) is 50.7 Å². The lowest BCUT2D eigenvalue weighted by atomic mass is 10.1. The summed E-state index contributed by atoms with van der Waals surface area (Å²) >= 11 is 0. The Kier molecular flexibility index (Phi) is 5.95. The van der Waals surface area contributed by atoms with Crippen LogP contribution in [0.4, 0.5) is 9.18 Å². The molecule has 4 rings (SSSR count). The van der Waals surface area contributed by atoms with E-state index >= 15 is 0 Å². The molecule has 0 bridgehead atoms. The lowest BCUT2D eigenvalue weighted by molar-refractivity contribution is 0.0920. The van der Waals surface area contributed by atoms with E-state index in [0.717, 1.165) is 0 Å². The Labute approximate surface area is 175 Å². The molecule has 0 radical (unpaired) electrons. The van der Waals surface area contributed by atoms with Gasteiger partial charge in [0.2, 0.25) is 10.0 Å². The number of fused-ring (bicyclic) bond motifs is 1. The Morgan fingerprint density at radius 3 is 2.47 bits per heavy atom. The summed E-state index contributed by atoms with van der Waals surface area (Å²) in [7, 11) is -3.84. The van der Waals surface area contributed by atoms with Crippen molar-refractivity contribution in [3.05, 3.63) is 42.2 Å². The van der Waals surface area contributed by atoms with Crippen LogP contribution in [0, 0.1) is 5.82 Å². The van der Waals surface area contributed by atoms with Crippen molar-refractivity contribution >= 4 is 26.8 Å². The highest BCUT2D eigenvalue weighted by atomic mass is 32.2. The van der Waals surface area contributed by atoms with Gasteiger partial charge < -0.3 is 15.3 Å². The molecule has 0 spiro atoms. The number of benzene rings is 2. The normalized spacial score (nSPS) is 21.7. The first kappa shape index (κ1) is 21.0. The van der Waals surface area contributed by atoms with E-state index in [1.807, 2.05) is 0 Å². The predicted octanol–water partition coefficient (Wildman–Crippen LogP) is 2.30. The molecule has 0 saturated carbocycles. The Bertz CT molecular complexity index is 1040. The third-order valence-corrected chi connectivity index (χ3v) is 7.84. The molecule has 162 valence electrons. The summed E-state index contributed by atoms with van der Waals surface area (Å²) in [4.78, 5) is 14.3. The first-order chi connectivity index (χ1) is 14.4. The molecule has 2 saturated heterocycles. The monoisotopic (exact) mass is 435 g/mol. The number of halogens is 1. The lowest BCUT2D eigenvalue weighted by Gasteiger charge is -2.35. The van der Waals surface area contributed by atoms with Gasteiger partial charge in [0, 0.05) is 43.0 Å². The van der Waals surface area contributed by atoms with Gasteiger partial charge in [-0.05, 0) is 37.8 Å². The van der Waals surface area contributed by atoms with E-state index in [9.17, 15) is 22.7 Å². The second kappa shape index (κ2) is 8.49. The Hall–Kier alpha value is -2.23. The second-order valence-electron chi connectivity index (χ2n) is 7.96. The van der Waals surface area contributed by atoms with Gasteiger partial charge in [0.05, 0.1) is 11.0 Å². The molecule has 2 aromatic rings. The minimum absolute atomic E-state index is 0.0801. The van der Waals surface area contributed by atoms with Crippen LogP contribution in [0.2, 0.25) is 0 Å². The van der Waals surface area contributed by atoms with E-state index in [1.54, 1.807) is 29.2 Å². The molecular weight excluding hydrogens is 409 g/mol. The SMILES string of the molecule is O=C(N[C@H]1CCCN(S(=O)(=O)c2ccc(F)c3ccccc23)C1)N1CCC(O)CC1. The van der Waals surface area contributed by atoms with Crippen LogP contribution >= 0.6 is 0 Å². The van der Waals surface area contributed by atoms with Gasteiger partial charge in [0.15, 0.2) is 0 Å². The fourth-order valence-corrected chi connectivity index (χ4v) is 5.93. The van der Waals surface area contributed by atoms with Gasteiger partial charge in [0.1, 0.15) is 5.82 Å². The largest absolute Gasteiger partial charge is 0.393 e. The van der Waals surface area contributed by atoms with Crippen LogP contribution in [-0.4, -0.2) is 67.1 Å². The average Bonchev–Trinajstić information content (AvgIpc) is 2.74. The summed E-state index contributed by atoms with van der Waals surface area (Å²) in [6.07, 6.45) is 2.06. The molecular formula is C21H26FN3O4S. The minimum atomic E-state index is -3.84. The highest BCUT2D eigenvalue weighted by molar-refractivity contribution is 7.89. The summed E-state index contributed by atoms with van der Waals surface area (Å²) in [5, 5.41) is 13.2. The molecule has 0 unspecified atom stereocenters. The quantitative estimate of drug-likeness (QED) is 0.774. The Morgan fingerprint density at radius 2 is 1.73 bits per heavy atom. The van der Waals surface area contributed by atoms with Crippen molar-refractivity contribution in [2.75, 3.05) is 26.2 Å². The molecule has 7 nitrogen and oxygen atoms in total. The first-order valence-electron chi connectivity index (χ1n) is 10.3. The molecule has 2 fully saturated rings. The molecule has 1 atom stereocenters. The highest BCUT2D eigenvalue weighted by Crippen LogP contribution is 2.29. The van der Waals surface area contributed by atoms with E-state index in [-0.39, 0.29) is 35.0 Å². The van der Waals surface area contributed by atoms with E-state index in [1.165, 1.54) is 16.4 Å². The van der Waals surface area contributed by atoms with Gasteiger partial charge in [-0.25, -0.2) is 17.6 Å². The van der Waals surface area contributed by atoms with Gasteiger partial charge in [-0.1, -0.05) is 24.3 Å². The zero-order valence-electron chi connectivity index (χ0n) is 16.6. The maximum absolute atomic E-state index is 14.1. The van der Waals surface area contributed by atoms with Crippen LogP contribution in [0.3, 0.4) is 0 Å². The zero-order chi connectivity index (χ0) is 21.3. The number of piperidine rings is 2. The van der Waals surface area contributed by atoms with Gasteiger partial charge in [0.25, 0.3) is 0 Å². The van der Waals surface area contributed by atoms with Crippen molar-refractivity contribution in [1.82, 2.24) is 14.5 Å². The van der Waals surface area contributed by atoms with Crippen molar-refractivity contribution in [2.45, 2.75) is 42.7 Å². The van der Waals surface area contributed by atoms with E-state index < -0.39 is 15.8 Å². The Morgan fingerprint density at radius 1 is 1.03 bits per heavy atom. The van der Waals surface area contributed by atoms with Crippen molar-refractivity contribution in [1.29, 1.82) is 0 Å². The van der Waals surface area contributed by atoms with Crippen LogP contribution in [0.15, 0.2) is 41.3 Å². The standard InChI is InChI=1S/C21H26FN3O4S/c22-19-7-8-20(18-6-2-1-5-17(18)19)30(28,29)25-11-3-4-15(14-25)23-21(27)24-12-9-16(26)10-13-24/h1-2,5-8,15-16,26H,3-4,9-14H2,(H,23,27)/t15-/m0/s1. The van der Waals surface area contributed by atoms with E-state index in [2.05, 4.69) is 5.32 Å². The zero-order valence-corrected chi connectivity index (χ0v) is 17.4. The Balaban J connectivity index is 1.50. The van der Waals surface area contributed by atoms with Crippen LogP contribution < -0.4 is 5.32 Å². The number of aliphatic hydroxyl groups is 1. The molecule has 2 aliphatic heterocycles. The topological polar surface area (TPSA) is 90.0 Å². The number of amides is 2. The molecule has 2 N–H and O–H groups in total. The number of aliphatic hydroxyl groups excluding tert-OH is 1. The molecule has 0 aromatic heterocycles. The fourth-order valence-electron chi connectivity index (χ4n) is 4.21. The van der Waals surface area contributed by atoms with Gasteiger partial charge >= 0.3 is 6.03 Å². The number of hydrogen-bond acceptors (Lipinski definition) is 4. The van der Waals surface area contributed by atoms with Crippen molar-refractivity contribution in [3.63, 3.8) is 0 Å². The highest BCUT2D eigenvalue weighted by Gasteiger charge is 2.33. The van der Waals surface area contributed by atoms with Gasteiger partial charge in [-0.15, -0.1) is 0 Å². The second-order valence-corrected chi connectivity index (χ2v) is 9.87. The number of sulfonamides is 1. The number of urea groups is 1. The number of hydrogen-bond donors (Lipinski definition) is 2. The van der Waals surface area contributed by atoms with Crippen LogP contribution in [0.5, 0.6) is 0 Å². The number of carbonyl (C=O) groups is 1. The molecule has 2 aromatic carbocycles. The summed E-state index contributed by atoms with van der Waals surface area (Å²) in [5.41, 5.74) is 0. The molecule has 30 heavy (non-hydrogen) atoms. The molecule has 9 heteroatoms. The number of nitrogens with one attached hydrogen (secondary N) is 1. The number of carbonyl (C=O) groups excluding carboxylic acids is 1. The minimum Gasteiger partial charge on any atom is -0.393 e. The summed E-state index contributed by atoms with van der Waals surface area (Å²) < 4.78 is 42.2. The number of nitrogens with zero attached hydrogens (tertiary/aromatic N) is 2. The van der Waals surface area contributed by atoms with Crippen LogP contribution in [0.1, 0.15) is 25.7 Å². The van der Waals surface area contributed by atoms with E-state index in [4.69, 9.17) is 0 Å². The van der Waals surface area contributed by atoms with Crippen LogP contribution in [-0.2, 0) is 10.0 Å². The van der Waals surface area contributed by atoms with Crippen molar-refractivity contribution < 1.29 is 22.7 Å². The molecule has 0 aliphatic carbocycles. The first-order valence-corrected chi connectivity index (χ1v) is 11.7. The number of likely N-dealkylation sites (tertiary alicyclic amines) is 1. The van der Waals surface area contributed by atoms with Crippen molar-refractivity contribution in [3.8, 4) is 0 Å². The van der Waals surface area contributed by atoms with Gasteiger partial charge in [-0.3, -0.25) is 0 Å². The maximum Gasteiger partial charge on any atom is 0.317 e. The smallest absolute Gasteiger partial charge is 0.317 e. The number of rotatable bonds is 3. The molecule has 2 amide bonds. The third kappa shape index (κ3) is 4.14.